The van der Waals surface area contributed by atoms with E-state index in [1.54, 1.807) is 7.11 Å². The van der Waals surface area contributed by atoms with E-state index in [-0.39, 0.29) is 6.04 Å². The quantitative estimate of drug-likeness (QED) is 0.849. The minimum atomic E-state index is 0.0687. The number of rotatable bonds is 7. The number of methoxy groups -OCH3 is 1. The highest BCUT2D eigenvalue weighted by Gasteiger charge is 2.09. The van der Waals surface area contributed by atoms with Gasteiger partial charge >= 0.3 is 0 Å². The molecule has 0 aromatic heterocycles. The zero-order chi connectivity index (χ0) is 15.1. The minimum Gasteiger partial charge on any atom is -0.496 e. The van der Waals surface area contributed by atoms with Gasteiger partial charge in [-0.15, -0.1) is 0 Å². The highest BCUT2D eigenvalue weighted by molar-refractivity contribution is 5.34. The van der Waals surface area contributed by atoms with Crippen molar-refractivity contribution in [2.45, 2.75) is 25.8 Å². The van der Waals surface area contributed by atoms with Crippen LogP contribution in [0.3, 0.4) is 0 Å². The smallest absolute Gasteiger partial charge is 0.122 e. The molecule has 0 saturated carbocycles. The zero-order valence-electron chi connectivity index (χ0n) is 12.7. The average Bonchev–Trinajstić information content (AvgIpc) is 2.50. The number of ether oxygens (including phenoxy) is 2. The Morgan fingerprint density at radius 1 is 1.00 bits per heavy atom. The molecule has 0 spiro atoms. The number of para-hydroxylation sites is 1. The molecule has 112 valence electrons. The van der Waals surface area contributed by atoms with Crippen molar-refractivity contribution in [3.63, 3.8) is 0 Å². The Hall–Kier alpha value is -2.00. The van der Waals surface area contributed by atoms with Crippen molar-refractivity contribution in [3.8, 4) is 11.5 Å². The fourth-order valence-corrected chi connectivity index (χ4v) is 2.42. The molecule has 0 saturated heterocycles. The molecule has 0 fully saturated rings. The van der Waals surface area contributed by atoms with E-state index in [4.69, 9.17) is 15.2 Å². The number of nitrogens with two attached hydrogens (primary N) is 1. The van der Waals surface area contributed by atoms with Crippen LogP contribution in [-0.2, 0) is 12.8 Å². The highest BCUT2D eigenvalue weighted by atomic mass is 16.5. The summed E-state index contributed by atoms with van der Waals surface area (Å²) in [5.74, 6) is 1.80. The molecule has 2 rings (SSSR count). The largest absolute Gasteiger partial charge is 0.496 e. The van der Waals surface area contributed by atoms with Crippen LogP contribution in [0.15, 0.2) is 48.5 Å². The van der Waals surface area contributed by atoms with E-state index in [1.165, 1.54) is 5.56 Å². The molecule has 0 aliphatic rings. The normalized spacial score (nSPS) is 12.0. The predicted octanol–water partition coefficient (Wildman–Crippen LogP) is 3.21. The van der Waals surface area contributed by atoms with Gasteiger partial charge in [0.2, 0.25) is 0 Å². The lowest BCUT2D eigenvalue weighted by atomic mass is 9.99. The zero-order valence-corrected chi connectivity index (χ0v) is 12.7. The fourth-order valence-electron chi connectivity index (χ4n) is 2.42. The molecule has 1 atom stereocenters. The summed E-state index contributed by atoms with van der Waals surface area (Å²) in [5, 5.41) is 0. The summed E-state index contributed by atoms with van der Waals surface area (Å²) in [4.78, 5) is 0. The van der Waals surface area contributed by atoms with Crippen molar-refractivity contribution in [1.82, 2.24) is 0 Å². The van der Waals surface area contributed by atoms with Crippen molar-refractivity contribution in [1.29, 1.82) is 0 Å². The standard InChI is InChI=1S/C18H23NO2/c1-3-21-17-10-8-14(9-11-17)12-16(19)13-15-6-4-5-7-18(15)20-2/h4-11,16H,3,12-13,19H2,1-2H3. The van der Waals surface area contributed by atoms with Crippen LogP contribution < -0.4 is 15.2 Å². The van der Waals surface area contributed by atoms with Crippen molar-refractivity contribution in [2.75, 3.05) is 13.7 Å². The van der Waals surface area contributed by atoms with E-state index in [0.717, 1.165) is 29.9 Å². The van der Waals surface area contributed by atoms with E-state index in [9.17, 15) is 0 Å². The Kier molecular flexibility index (Phi) is 5.64. The van der Waals surface area contributed by atoms with E-state index >= 15 is 0 Å². The van der Waals surface area contributed by atoms with Crippen LogP contribution in [0, 0.1) is 0 Å². The summed E-state index contributed by atoms with van der Waals surface area (Å²) in [6.07, 6.45) is 1.64. The van der Waals surface area contributed by atoms with Gasteiger partial charge in [0.1, 0.15) is 11.5 Å². The van der Waals surface area contributed by atoms with Gasteiger partial charge in [0.05, 0.1) is 13.7 Å². The fraction of sp³-hybridized carbons (Fsp3) is 0.333. The lowest BCUT2D eigenvalue weighted by molar-refractivity contribution is 0.340. The van der Waals surface area contributed by atoms with Crippen molar-refractivity contribution in [2.24, 2.45) is 5.73 Å². The van der Waals surface area contributed by atoms with Gasteiger partial charge in [-0.05, 0) is 49.1 Å². The third-order valence-electron chi connectivity index (χ3n) is 3.41. The molecule has 0 radical (unpaired) electrons. The van der Waals surface area contributed by atoms with E-state index < -0.39 is 0 Å². The maximum atomic E-state index is 6.27. The van der Waals surface area contributed by atoms with Crippen molar-refractivity contribution >= 4 is 0 Å². The average molecular weight is 285 g/mol. The first-order chi connectivity index (χ1) is 10.2. The van der Waals surface area contributed by atoms with Gasteiger partial charge in [-0.1, -0.05) is 30.3 Å². The number of benzene rings is 2. The van der Waals surface area contributed by atoms with Crippen LogP contribution in [0.5, 0.6) is 11.5 Å². The molecule has 0 heterocycles. The monoisotopic (exact) mass is 285 g/mol. The molecule has 3 heteroatoms. The summed E-state index contributed by atoms with van der Waals surface area (Å²) < 4.78 is 10.8. The minimum absolute atomic E-state index is 0.0687. The van der Waals surface area contributed by atoms with E-state index in [1.807, 2.05) is 37.3 Å². The van der Waals surface area contributed by atoms with Gasteiger partial charge in [-0.25, -0.2) is 0 Å². The van der Waals surface area contributed by atoms with Gasteiger partial charge in [0.15, 0.2) is 0 Å². The van der Waals surface area contributed by atoms with Crippen LogP contribution in [0.25, 0.3) is 0 Å². The van der Waals surface area contributed by atoms with Crippen molar-refractivity contribution < 1.29 is 9.47 Å². The molecule has 2 aromatic carbocycles. The van der Waals surface area contributed by atoms with Crippen LogP contribution in [0.2, 0.25) is 0 Å². The first-order valence-corrected chi connectivity index (χ1v) is 7.32. The Bertz CT molecular complexity index is 551. The molecule has 1 unspecified atom stereocenters. The van der Waals surface area contributed by atoms with Crippen LogP contribution >= 0.6 is 0 Å². The van der Waals surface area contributed by atoms with Gasteiger partial charge in [0, 0.05) is 6.04 Å². The second-order valence-corrected chi connectivity index (χ2v) is 5.06. The Morgan fingerprint density at radius 2 is 1.71 bits per heavy atom. The molecule has 3 nitrogen and oxygen atoms in total. The molecule has 0 bridgehead atoms. The molecular formula is C18H23NO2. The first kappa shape index (κ1) is 15.4. The molecular weight excluding hydrogens is 262 g/mol. The summed E-state index contributed by atoms with van der Waals surface area (Å²) >= 11 is 0. The summed E-state index contributed by atoms with van der Waals surface area (Å²) in [6.45, 7) is 2.67. The maximum absolute atomic E-state index is 6.27. The molecule has 2 aromatic rings. The summed E-state index contributed by atoms with van der Waals surface area (Å²) in [7, 11) is 1.69. The maximum Gasteiger partial charge on any atom is 0.122 e. The Morgan fingerprint density at radius 3 is 2.38 bits per heavy atom. The topological polar surface area (TPSA) is 44.5 Å². The molecule has 0 aliphatic heterocycles. The SMILES string of the molecule is CCOc1ccc(CC(N)Cc2ccccc2OC)cc1. The highest BCUT2D eigenvalue weighted by Crippen LogP contribution is 2.20. The first-order valence-electron chi connectivity index (χ1n) is 7.32. The second-order valence-electron chi connectivity index (χ2n) is 5.06. The molecule has 0 amide bonds. The van der Waals surface area contributed by atoms with E-state index in [0.29, 0.717) is 6.61 Å². The molecule has 21 heavy (non-hydrogen) atoms. The third kappa shape index (κ3) is 4.50. The lowest BCUT2D eigenvalue weighted by Crippen LogP contribution is -2.25. The Labute approximate surface area is 126 Å². The summed E-state index contributed by atoms with van der Waals surface area (Å²) in [5.41, 5.74) is 8.65. The van der Waals surface area contributed by atoms with Gasteiger partial charge in [-0.2, -0.15) is 0 Å². The second kappa shape index (κ2) is 7.70. The van der Waals surface area contributed by atoms with Crippen molar-refractivity contribution in [3.05, 3.63) is 59.7 Å². The van der Waals surface area contributed by atoms with Crippen LogP contribution in [0.4, 0.5) is 0 Å². The lowest BCUT2D eigenvalue weighted by Gasteiger charge is -2.14. The van der Waals surface area contributed by atoms with Gasteiger partial charge in [-0.3, -0.25) is 0 Å². The molecule has 0 aliphatic carbocycles. The molecule has 2 N–H and O–H groups in total. The third-order valence-corrected chi connectivity index (χ3v) is 3.41. The van der Waals surface area contributed by atoms with Gasteiger partial charge < -0.3 is 15.2 Å². The Balaban J connectivity index is 1.96. The predicted molar refractivity (Wildman–Crippen MR) is 86.0 cm³/mol. The van der Waals surface area contributed by atoms with Gasteiger partial charge in [0.25, 0.3) is 0 Å². The summed E-state index contributed by atoms with van der Waals surface area (Å²) in [6, 6.07) is 16.2. The van der Waals surface area contributed by atoms with E-state index in [2.05, 4.69) is 18.2 Å². The number of hydrogen-bond acceptors (Lipinski definition) is 3. The number of hydrogen-bond donors (Lipinski definition) is 1. The van der Waals surface area contributed by atoms with Crippen LogP contribution in [-0.4, -0.2) is 19.8 Å². The van der Waals surface area contributed by atoms with Crippen LogP contribution in [0.1, 0.15) is 18.1 Å².